The summed E-state index contributed by atoms with van der Waals surface area (Å²) in [7, 11) is 0. The average molecular weight is 300 g/mol. The van der Waals surface area contributed by atoms with Crippen molar-refractivity contribution in [2.24, 2.45) is 0 Å². The molecule has 5 heteroatoms. The fraction of sp³-hybridized carbons (Fsp3) is 0.125. The highest BCUT2D eigenvalue weighted by molar-refractivity contribution is 6.30. The summed E-state index contributed by atoms with van der Waals surface area (Å²) in [6.45, 7) is 1.92. The minimum absolute atomic E-state index is 0.617. The molecule has 1 unspecified atom stereocenters. The maximum absolute atomic E-state index is 10.7. The summed E-state index contributed by atoms with van der Waals surface area (Å²) < 4.78 is 1.64. The van der Waals surface area contributed by atoms with Crippen LogP contribution in [0, 0.1) is 6.92 Å². The molecule has 0 radical (unpaired) electrons. The van der Waals surface area contributed by atoms with Gasteiger partial charge in [-0.1, -0.05) is 41.1 Å². The second-order valence-corrected chi connectivity index (χ2v) is 5.25. The predicted molar refractivity (Wildman–Crippen MR) is 81.6 cm³/mol. The maximum Gasteiger partial charge on any atom is 0.123 e. The first-order valence-electron chi connectivity index (χ1n) is 6.57. The molecule has 106 valence electrons. The normalized spacial score (nSPS) is 12.3. The number of aliphatic hydroxyl groups excluding tert-OH is 1. The van der Waals surface area contributed by atoms with Crippen LogP contribution in [0.25, 0.3) is 5.69 Å². The second kappa shape index (κ2) is 5.68. The van der Waals surface area contributed by atoms with Crippen LogP contribution in [0.4, 0.5) is 0 Å². The number of hydrogen-bond acceptors (Lipinski definition) is 3. The van der Waals surface area contributed by atoms with Crippen LogP contribution in [0.15, 0.2) is 54.7 Å². The molecule has 0 saturated carbocycles. The van der Waals surface area contributed by atoms with E-state index in [1.165, 1.54) is 0 Å². The van der Waals surface area contributed by atoms with E-state index < -0.39 is 6.10 Å². The van der Waals surface area contributed by atoms with Crippen molar-refractivity contribution in [2.45, 2.75) is 13.0 Å². The van der Waals surface area contributed by atoms with Gasteiger partial charge in [-0.25, -0.2) is 4.68 Å². The summed E-state index contributed by atoms with van der Waals surface area (Å²) in [6, 6.07) is 15.0. The van der Waals surface area contributed by atoms with Crippen LogP contribution < -0.4 is 0 Å². The zero-order chi connectivity index (χ0) is 14.8. The maximum atomic E-state index is 10.7. The Bertz CT molecular complexity index is 755. The van der Waals surface area contributed by atoms with Crippen molar-refractivity contribution in [3.63, 3.8) is 0 Å². The highest BCUT2D eigenvalue weighted by atomic mass is 35.5. The Hall–Kier alpha value is -2.17. The fourth-order valence-corrected chi connectivity index (χ4v) is 2.53. The van der Waals surface area contributed by atoms with Crippen molar-refractivity contribution < 1.29 is 5.11 Å². The lowest BCUT2D eigenvalue weighted by molar-refractivity contribution is 0.211. The Morgan fingerprint density at radius 2 is 1.90 bits per heavy atom. The minimum Gasteiger partial charge on any atom is -0.382 e. The van der Waals surface area contributed by atoms with Gasteiger partial charge < -0.3 is 5.11 Å². The van der Waals surface area contributed by atoms with E-state index >= 15 is 0 Å². The quantitative estimate of drug-likeness (QED) is 0.807. The van der Waals surface area contributed by atoms with Crippen LogP contribution in [-0.4, -0.2) is 20.1 Å². The van der Waals surface area contributed by atoms with Crippen LogP contribution in [0.1, 0.15) is 22.9 Å². The highest BCUT2D eigenvalue weighted by Crippen LogP contribution is 2.27. The lowest BCUT2D eigenvalue weighted by atomic mass is 10.0. The van der Waals surface area contributed by atoms with Gasteiger partial charge in [-0.05, 0) is 42.3 Å². The fourth-order valence-electron chi connectivity index (χ4n) is 2.30. The zero-order valence-corrected chi connectivity index (χ0v) is 12.2. The molecule has 1 atom stereocenters. The van der Waals surface area contributed by atoms with Gasteiger partial charge in [-0.2, -0.15) is 0 Å². The van der Waals surface area contributed by atoms with E-state index in [-0.39, 0.29) is 0 Å². The van der Waals surface area contributed by atoms with Gasteiger partial charge in [0.1, 0.15) is 6.10 Å². The van der Waals surface area contributed by atoms with Crippen molar-refractivity contribution in [3.05, 3.63) is 76.6 Å². The molecule has 21 heavy (non-hydrogen) atoms. The van der Waals surface area contributed by atoms with E-state index in [0.29, 0.717) is 10.7 Å². The van der Waals surface area contributed by atoms with Gasteiger partial charge in [0.05, 0.1) is 17.6 Å². The van der Waals surface area contributed by atoms with Crippen LogP contribution in [0.2, 0.25) is 5.02 Å². The molecule has 0 fully saturated rings. The number of aromatic nitrogens is 3. The number of nitrogens with zero attached hydrogens (tertiary/aromatic N) is 3. The summed E-state index contributed by atoms with van der Waals surface area (Å²) >= 11 is 5.96. The van der Waals surface area contributed by atoms with E-state index in [0.717, 1.165) is 16.8 Å². The highest BCUT2D eigenvalue weighted by Gasteiger charge is 2.19. The van der Waals surface area contributed by atoms with Crippen molar-refractivity contribution in [3.8, 4) is 5.69 Å². The molecule has 0 spiro atoms. The van der Waals surface area contributed by atoms with E-state index in [1.54, 1.807) is 16.9 Å². The SMILES string of the molecule is Cc1cc(Cl)ccc1C(O)c1cnnn1-c1ccccc1. The first-order valence-corrected chi connectivity index (χ1v) is 6.95. The lowest BCUT2D eigenvalue weighted by Crippen LogP contribution is -2.09. The second-order valence-electron chi connectivity index (χ2n) is 4.81. The van der Waals surface area contributed by atoms with Crippen LogP contribution in [0.5, 0.6) is 0 Å². The molecule has 1 heterocycles. The molecule has 0 aliphatic carbocycles. The third-order valence-corrected chi connectivity index (χ3v) is 3.62. The third kappa shape index (κ3) is 2.68. The van der Waals surface area contributed by atoms with Crippen LogP contribution in [-0.2, 0) is 0 Å². The number of aliphatic hydroxyl groups is 1. The Morgan fingerprint density at radius 1 is 1.14 bits per heavy atom. The zero-order valence-electron chi connectivity index (χ0n) is 11.4. The van der Waals surface area contributed by atoms with Crippen molar-refractivity contribution in [2.75, 3.05) is 0 Å². The summed E-state index contributed by atoms with van der Waals surface area (Å²) in [6.07, 6.45) is 0.767. The Kier molecular flexibility index (Phi) is 3.73. The van der Waals surface area contributed by atoms with Gasteiger partial charge in [0.25, 0.3) is 0 Å². The monoisotopic (exact) mass is 299 g/mol. The topological polar surface area (TPSA) is 50.9 Å². The number of halogens is 1. The predicted octanol–water partition coefficient (Wildman–Crippen LogP) is 3.31. The molecular formula is C16H14ClN3O. The van der Waals surface area contributed by atoms with Gasteiger partial charge in [-0.3, -0.25) is 0 Å². The van der Waals surface area contributed by atoms with E-state index in [9.17, 15) is 5.11 Å². The van der Waals surface area contributed by atoms with E-state index in [2.05, 4.69) is 10.3 Å². The Morgan fingerprint density at radius 3 is 2.62 bits per heavy atom. The molecule has 0 aliphatic rings. The third-order valence-electron chi connectivity index (χ3n) is 3.38. The van der Waals surface area contributed by atoms with Crippen LogP contribution >= 0.6 is 11.6 Å². The van der Waals surface area contributed by atoms with E-state index in [1.807, 2.05) is 49.4 Å². The van der Waals surface area contributed by atoms with Gasteiger partial charge >= 0.3 is 0 Å². The van der Waals surface area contributed by atoms with Crippen LogP contribution in [0.3, 0.4) is 0 Å². The molecule has 3 rings (SSSR count). The minimum atomic E-state index is -0.808. The lowest BCUT2D eigenvalue weighted by Gasteiger charge is -2.15. The van der Waals surface area contributed by atoms with Crippen molar-refractivity contribution in [1.82, 2.24) is 15.0 Å². The first kappa shape index (κ1) is 13.8. The average Bonchev–Trinajstić information content (AvgIpc) is 2.97. The van der Waals surface area contributed by atoms with Gasteiger partial charge in [-0.15, -0.1) is 5.10 Å². The molecule has 0 amide bonds. The molecule has 0 saturated heterocycles. The Labute approximate surface area is 127 Å². The van der Waals surface area contributed by atoms with Crippen molar-refractivity contribution in [1.29, 1.82) is 0 Å². The summed E-state index contributed by atoms with van der Waals surface area (Å²) in [4.78, 5) is 0. The first-order chi connectivity index (χ1) is 10.2. The summed E-state index contributed by atoms with van der Waals surface area (Å²) in [5, 5.41) is 19.3. The number of hydrogen-bond donors (Lipinski definition) is 1. The number of rotatable bonds is 3. The molecule has 0 aliphatic heterocycles. The molecule has 1 aromatic heterocycles. The Balaban J connectivity index is 2.03. The molecule has 4 nitrogen and oxygen atoms in total. The van der Waals surface area contributed by atoms with Gasteiger partial charge in [0.15, 0.2) is 0 Å². The van der Waals surface area contributed by atoms with Gasteiger partial charge in [0.2, 0.25) is 0 Å². The van der Waals surface area contributed by atoms with Gasteiger partial charge in [0, 0.05) is 5.02 Å². The molecular weight excluding hydrogens is 286 g/mol. The molecule has 0 bridgehead atoms. The summed E-state index contributed by atoms with van der Waals surface area (Å²) in [5.41, 5.74) is 3.19. The largest absolute Gasteiger partial charge is 0.382 e. The van der Waals surface area contributed by atoms with Crippen molar-refractivity contribution >= 4 is 11.6 Å². The number of benzene rings is 2. The number of aryl methyl sites for hydroxylation is 1. The molecule has 3 aromatic rings. The smallest absolute Gasteiger partial charge is 0.123 e. The standard InChI is InChI=1S/C16H14ClN3O/c1-11-9-12(17)7-8-14(11)16(21)15-10-18-19-20(15)13-5-3-2-4-6-13/h2-10,16,21H,1H3. The van der Waals surface area contributed by atoms with E-state index in [4.69, 9.17) is 11.6 Å². The molecule has 2 aromatic carbocycles. The summed E-state index contributed by atoms with van der Waals surface area (Å²) in [5.74, 6) is 0. The molecule has 1 N–H and O–H groups in total. The number of para-hydroxylation sites is 1.